The second-order valence-corrected chi connectivity index (χ2v) is 5.47. The number of nitrogens with zero attached hydrogens (tertiary/aromatic N) is 2. The predicted octanol–water partition coefficient (Wildman–Crippen LogP) is 3.47. The molecule has 2 aromatic rings. The van der Waals surface area contributed by atoms with Gasteiger partial charge in [-0.3, -0.25) is 0 Å². The second kappa shape index (κ2) is 4.72. The van der Waals surface area contributed by atoms with Crippen molar-refractivity contribution >= 4 is 5.95 Å². The number of benzene rings is 1. The van der Waals surface area contributed by atoms with Crippen molar-refractivity contribution in [1.29, 1.82) is 0 Å². The lowest BCUT2D eigenvalue weighted by molar-refractivity contribution is 0.529. The van der Waals surface area contributed by atoms with Crippen LogP contribution in [0.1, 0.15) is 41.8 Å². The van der Waals surface area contributed by atoms with Crippen LogP contribution in [0, 0.1) is 13.8 Å². The van der Waals surface area contributed by atoms with E-state index in [9.17, 15) is 0 Å². The standard InChI is InChI=1S/C16H21N3/c1-4-14-10-19-15(5-6-17-16(19)18-14)13-8-11(2)7-12(3)9-13/h7-10,15H,4-6H2,1-3H3,(H,17,18). The van der Waals surface area contributed by atoms with Crippen molar-refractivity contribution in [2.45, 2.75) is 39.7 Å². The lowest BCUT2D eigenvalue weighted by Crippen LogP contribution is -2.23. The van der Waals surface area contributed by atoms with Gasteiger partial charge in [0.1, 0.15) is 0 Å². The molecule has 3 rings (SSSR count). The minimum absolute atomic E-state index is 0.419. The molecule has 0 saturated heterocycles. The normalized spacial score (nSPS) is 17.9. The van der Waals surface area contributed by atoms with Crippen LogP contribution in [-0.4, -0.2) is 16.1 Å². The number of nitrogens with one attached hydrogen (secondary N) is 1. The number of fused-ring (bicyclic) bond motifs is 1. The summed E-state index contributed by atoms with van der Waals surface area (Å²) in [7, 11) is 0. The Morgan fingerprint density at radius 2 is 2.00 bits per heavy atom. The highest BCUT2D eigenvalue weighted by Crippen LogP contribution is 2.30. The molecule has 0 fully saturated rings. The number of hydrogen-bond donors (Lipinski definition) is 1. The summed E-state index contributed by atoms with van der Waals surface area (Å²) in [4.78, 5) is 4.64. The SMILES string of the molecule is CCc1cn2c(n1)NCCC2c1cc(C)cc(C)c1. The molecule has 0 spiro atoms. The molecule has 3 nitrogen and oxygen atoms in total. The van der Waals surface area contributed by atoms with Crippen molar-refractivity contribution in [3.8, 4) is 0 Å². The van der Waals surface area contributed by atoms with Gasteiger partial charge in [0, 0.05) is 12.7 Å². The summed E-state index contributed by atoms with van der Waals surface area (Å²) < 4.78 is 2.30. The van der Waals surface area contributed by atoms with Crippen molar-refractivity contribution < 1.29 is 0 Å². The number of aromatic nitrogens is 2. The minimum atomic E-state index is 0.419. The summed E-state index contributed by atoms with van der Waals surface area (Å²) in [5.74, 6) is 1.02. The van der Waals surface area contributed by atoms with Crippen LogP contribution < -0.4 is 5.32 Å². The number of rotatable bonds is 2. The second-order valence-electron chi connectivity index (χ2n) is 5.47. The predicted molar refractivity (Wildman–Crippen MR) is 78.8 cm³/mol. The van der Waals surface area contributed by atoms with Gasteiger partial charge in [-0.25, -0.2) is 4.98 Å². The summed E-state index contributed by atoms with van der Waals surface area (Å²) in [5, 5.41) is 3.40. The first-order valence-electron chi connectivity index (χ1n) is 7.07. The van der Waals surface area contributed by atoms with Gasteiger partial charge in [0.25, 0.3) is 0 Å². The van der Waals surface area contributed by atoms with E-state index < -0.39 is 0 Å². The Morgan fingerprint density at radius 3 is 2.68 bits per heavy atom. The molecule has 1 atom stereocenters. The average molecular weight is 255 g/mol. The maximum atomic E-state index is 4.64. The van der Waals surface area contributed by atoms with Crippen molar-refractivity contribution in [1.82, 2.24) is 9.55 Å². The summed E-state index contributed by atoms with van der Waals surface area (Å²) in [6.45, 7) is 7.49. The highest BCUT2D eigenvalue weighted by molar-refractivity contribution is 5.38. The third-order valence-electron chi connectivity index (χ3n) is 3.81. The summed E-state index contributed by atoms with van der Waals surface area (Å²) >= 11 is 0. The summed E-state index contributed by atoms with van der Waals surface area (Å²) in [6, 6.07) is 7.26. The van der Waals surface area contributed by atoms with Crippen LogP contribution in [0.15, 0.2) is 24.4 Å². The fourth-order valence-electron chi connectivity index (χ4n) is 2.97. The number of anilines is 1. The van der Waals surface area contributed by atoms with Gasteiger partial charge in [0.05, 0.1) is 11.7 Å². The monoisotopic (exact) mass is 255 g/mol. The van der Waals surface area contributed by atoms with Crippen LogP contribution in [0.4, 0.5) is 5.95 Å². The van der Waals surface area contributed by atoms with E-state index in [0.29, 0.717) is 6.04 Å². The van der Waals surface area contributed by atoms with Gasteiger partial charge in [0.15, 0.2) is 0 Å². The van der Waals surface area contributed by atoms with Gasteiger partial charge in [-0.15, -0.1) is 0 Å². The van der Waals surface area contributed by atoms with Gasteiger partial charge >= 0.3 is 0 Å². The Hall–Kier alpha value is -1.77. The summed E-state index contributed by atoms with van der Waals surface area (Å²) in [6.07, 6.45) is 4.31. The van der Waals surface area contributed by atoms with Crippen molar-refractivity contribution in [2.75, 3.05) is 11.9 Å². The Kier molecular flexibility index (Phi) is 3.05. The first-order chi connectivity index (χ1) is 9.17. The third kappa shape index (κ3) is 2.25. The highest BCUT2D eigenvalue weighted by atomic mass is 15.2. The molecule has 3 heteroatoms. The van der Waals surface area contributed by atoms with Crippen LogP contribution in [0.3, 0.4) is 0 Å². The van der Waals surface area contributed by atoms with Gasteiger partial charge in [0.2, 0.25) is 5.95 Å². The zero-order chi connectivity index (χ0) is 13.4. The topological polar surface area (TPSA) is 29.9 Å². The van der Waals surface area contributed by atoms with E-state index in [-0.39, 0.29) is 0 Å². The Balaban J connectivity index is 2.05. The quantitative estimate of drug-likeness (QED) is 0.890. The van der Waals surface area contributed by atoms with Crippen LogP contribution in [-0.2, 0) is 6.42 Å². The van der Waals surface area contributed by atoms with Crippen LogP contribution in [0.25, 0.3) is 0 Å². The van der Waals surface area contributed by atoms with E-state index in [1.165, 1.54) is 22.4 Å². The molecule has 100 valence electrons. The van der Waals surface area contributed by atoms with Crippen LogP contribution in [0.2, 0.25) is 0 Å². The van der Waals surface area contributed by atoms with Gasteiger partial charge in [-0.2, -0.15) is 0 Å². The molecule has 1 aliphatic rings. The van der Waals surface area contributed by atoms with E-state index in [0.717, 1.165) is 25.3 Å². The molecule has 0 amide bonds. The molecule has 0 radical (unpaired) electrons. The van der Waals surface area contributed by atoms with Gasteiger partial charge < -0.3 is 9.88 Å². The Bertz CT molecular complexity index is 578. The van der Waals surface area contributed by atoms with E-state index in [1.54, 1.807) is 0 Å². The molecule has 1 aromatic carbocycles. The van der Waals surface area contributed by atoms with Gasteiger partial charge in [-0.05, 0) is 32.3 Å². The number of imidazole rings is 1. The maximum Gasteiger partial charge on any atom is 0.203 e. The number of hydrogen-bond acceptors (Lipinski definition) is 2. The van der Waals surface area contributed by atoms with E-state index >= 15 is 0 Å². The lowest BCUT2D eigenvalue weighted by Gasteiger charge is -2.27. The molecular formula is C16H21N3. The first kappa shape index (κ1) is 12.3. The molecule has 1 aromatic heterocycles. The molecule has 0 bridgehead atoms. The first-order valence-corrected chi connectivity index (χ1v) is 7.07. The van der Waals surface area contributed by atoms with Crippen LogP contribution >= 0.6 is 0 Å². The zero-order valence-corrected chi connectivity index (χ0v) is 11.9. The minimum Gasteiger partial charge on any atom is -0.356 e. The number of aryl methyl sites for hydroxylation is 3. The molecule has 19 heavy (non-hydrogen) atoms. The lowest BCUT2D eigenvalue weighted by atomic mass is 9.98. The Morgan fingerprint density at radius 1 is 1.26 bits per heavy atom. The fraction of sp³-hybridized carbons (Fsp3) is 0.438. The Labute approximate surface area is 114 Å². The molecule has 0 aliphatic carbocycles. The summed E-state index contributed by atoms with van der Waals surface area (Å²) in [5.41, 5.74) is 5.25. The van der Waals surface area contributed by atoms with E-state index in [4.69, 9.17) is 0 Å². The molecule has 0 saturated carbocycles. The third-order valence-corrected chi connectivity index (χ3v) is 3.81. The van der Waals surface area contributed by atoms with Crippen LogP contribution in [0.5, 0.6) is 0 Å². The average Bonchev–Trinajstić information content (AvgIpc) is 2.80. The molecular weight excluding hydrogens is 234 g/mol. The largest absolute Gasteiger partial charge is 0.356 e. The highest BCUT2D eigenvalue weighted by Gasteiger charge is 2.22. The van der Waals surface area contributed by atoms with Gasteiger partial charge in [-0.1, -0.05) is 36.2 Å². The fourth-order valence-corrected chi connectivity index (χ4v) is 2.97. The van der Waals surface area contributed by atoms with E-state index in [1.807, 2.05) is 0 Å². The molecule has 1 N–H and O–H groups in total. The molecule has 1 aliphatic heterocycles. The maximum absolute atomic E-state index is 4.64. The molecule has 2 heterocycles. The van der Waals surface area contributed by atoms with Crippen molar-refractivity contribution in [3.63, 3.8) is 0 Å². The smallest absolute Gasteiger partial charge is 0.203 e. The van der Waals surface area contributed by atoms with E-state index in [2.05, 4.69) is 60.0 Å². The molecule has 1 unspecified atom stereocenters. The van der Waals surface area contributed by atoms with Crippen molar-refractivity contribution in [2.24, 2.45) is 0 Å². The zero-order valence-electron chi connectivity index (χ0n) is 11.9. The van der Waals surface area contributed by atoms with Crippen molar-refractivity contribution in [3.05, 3.63) is 46.8 Å².